The molecule has 2 aliphatic rings. The van der Waals surface area contributed by atoms with Crippen LogP contribution in [0.25, 0.3) is 6.08 Å². The Kier molecular flexibility index (Phi) is 6.49. The minimum Gasteiger partial charge on any atom is -0.272 e. The van der Waals surface area contributed by atoms with E-state index in [2.05, 4.69) is 51.1 Å². The fourth-order valence-corrected chi connectivity index (χ4v) is 6.83. The molecular weight excluding hydrogens is 469 g/mol. The SMILES string of the molecule is Cc1nc(SCC(=O)N2N=C3C(=Cc4cccs4)CCCC3C2c2cccs2)nc(C)c1C. The maximum Gasteiger partial charge on any atom is 0.253 e. The van der Waals surface area contributed by atoms with Crippen LogP contribution in [0.4, 0.5) is 0 Å². The van der Waals surface area contributed by atoms with Crippen molar-refractivity contribution in [1.29, 1.82) is 0 Å². The molecule has 5 rings (SSSR count). The van der Waals surface area contributed by atoms with Crippen molar-refractivity contribution >= 4 is 52.1 Å². The summed E-state index contributed by atoms with van der Waals surface area (Å²) in [6, 6.07) is 8.38. The van der Waals surface area contributed by atoms with Crippen LogP contribution >= 0.6 is 34.4 Å². The number of hydrazone groups is 1. The molecule has 0 radical (unpaired) electrons. The lowest BCUT2D eigenvalue weighted by Gasteiger charge is -2.28. The number of carbonyl (C=O) groups excluding carboxylic acids is 1. The number of thiophene rings is 2. The zero-order valence-electron chi connectivity index (χ0n) is 18.9. The Bertz CT molecular complexity index is 1190. The zero-order valence-corrected chi connectivity index (χ0v) is 21.4. The molecule has 170 valence electrons. The third-order valence-corrected chi connectivity index (χ3v) is 8.98. The minimum atomic E-state index is -0.0254. The van der Waals surface area contributed by atoms with Gasteiger partial charge in [-0.25, -0.2) is 15.0 Å². The van der Waals surface area contributed by atoms with Gasteiger partial charge in [-0.05, 0) is 80.1 Å². The molecule has 0 N–H and O–H groups in total. The van der Waals surface area contributed by atoms with Crippen LogP contribution in [0.15, 0.2) is 50.9 Å². The van der Waals surface area contributed by atoms with Crippen LogP contribution in [0.2, 0.25) is 0 Å². The molecule has 33 heavy (non-hydrogen) atoms. The molecule has 1 fully saturated rings. The standard InChI is InChI=1S/C25H26N4OS3/c1-15-16(2)26-25(27-17(15)3)33-14-22(30)29-24(21-10-6-12-32-21)20-9-4-7-18(23(20)28-29)13-19-8-5-11-31-19/h5-6,8,10-13,20,24H,4,7,9,14H2,1-3H3. The van der Waals surface area contributed by atoms with Crippen LogP contribution in [0.3, 0.4) is 0 Å². The van der Waals surface area contributed by atoms with Crippen LogP contribution in [-0.2, 0) is 4.79 Å². The Balaban J connectivity index is 1.42. The Labute approximate surface area is 206 Å². The van der Waals surface area contributed by atoms with Crippen molar-refractivity contribution < 1.29 is 4.79 Å². The second kappa shape index (κ2) is 9.52. The quantitative estimate of drug-likeness (QED) is 0.302. The fourth-order valence-electron chi connectivity index (χ4n) is 4.49. The fraction of sp³-hybridized carbons (Fsp3) is 0.360. The summed E-state index contributed by atoms with van der Waals surface area (Å²) in [5.74, 6) is 0.532. The first-order valence-electron chi connectivity index (χ1n) is 11.1. The van der Waals surface area contributed by atoms with Crippen molar-refractivity contribution in [2.45, 2.75) is 51.2 Å². The monoisotopic (exact) mass is 494 g/mol. The number of thioether (sulfide) groups is 1. The molecule has 2 unspecified atom stereocenters. The van der Waals surface area contributed by atoms with E-state index in [1.807, 2.05) is 20.8 Å². The molecule has 3 aromatic rings. The number of fused-ring (bicyclic) bond motifs is 1. The lowest BCUT2D eigenvalue weighted by atomic mass is 9.79. The number of amides is 1. The average Bonchev–Trinajstić information content (AvgIpc) is 3.56. The lowest BCUT2D eigenvalue weighted by molar-refractivity contribution is -0.130. The minimum absolute atomic E-state index is 0.00950. The summed E-state index contributed by atoms with van der Waals surface area (Å²) < 4.78 is 0. The van der Waals surface area contributed by atoms with E-state index in [4.69, 9.17) is 5.10 Å². The Morgan fingerprint density at radius 3 is 2.61 bits per heavy atom. The van der Waals surface area contributed by atoms with Gasteiger partial charge in [-0.3, -0.25) is 4.79 Å². The second-order valence-corrected chi connectivity index (χ2v) is 11.4. The molecule has 5 nitrogen and oxygen atoms in total. The van der Waals surface area contributed by atoms with E-state index in [0.717, 1.165) is 41.9 Å². The van der Waals surface area contributed by atoms with E-state index in [1.165, 1.54) is 27.1 Å². The van der Waals surface area contributed by atoms with Gasteiger partial charge in [-0.1, -0.05) is 23.9 Å². The smallest absolute Gasteiger partial charge is 0.253 e. The van der Waals surface area contributed by atoms with E-state index < -0.39 is 0 Å². The van der Waals surface area contributed by atoms with Crippen molar-refractivity contribution in [3.05, 3.63) is 67.3 Å². The first kappa shape index (κ1) is 22.5. The van der Waals surface area contributed by atoms with Crippen LogP contribution in [0.5, 0.6) is 0 Å². The highest BCUT2D eigenvalue weighted by atomic mass is 32.2. The predicted octanol–water partition coefficient (Wildman–Crippen LogP) is 6.44. The molecule has 4 heterocycles. The van der Waals surface area contributed by atoms with Crippen molar-refractivity contribution in [2.24, 2.45) is 11.0 Å². The molecule has 1 amide bonds. The summed E-state index contributed by atoms with van der Waals surface area (Å²) in [6.07, 6.45) is 5.45. The number of hydrogen-bond donors (Lipinski definition) is 0. The molecule has 0 saturated heterocycles. The summed E-state index contributed by atoms with van der Waals surface area (Å²) in [6.45, 7) is 6.00. The Morgan fingerprint density at radius 1 is 1.15 bits per heavy atom. The Morgan fingerprint density at radius 2 is 1.91 bits per heavy atom. The van der Waals surface area contributed by atoms with Gasteiger partial charge in [-0.2, -0.15) is 5.10 Å². The number of hydrogen-bond acceptors (Lipinski definition) is 7. The topological polar surface area (TPSA) is 58.5 Å². The third kappa shape index (κ3) is 4.56. The molecule has 0 spiro atoms. The van der Waals surface area contributed by atoms with E-state index in [9.17, 15) is 4.79 Å². The van der Waals surface area contributed by atoms with Gasteiger partial charge in [0.2, 0.25) is 0 Å². The second-order valence-electron chi connectivity index (χ2n) is 8.46. The lowest BCUT2D eigenvalue weighted by Crippen LogP contribution is -2.32. The predicted molar refractivity (Wildman–Crippen MR) is 138 cm³/mol. The van der Waals surface area contributed by atoms with Gasteiger partial charge in [0.05, 0.1) is 17.5 Å². The highest BCUT2D eigenvalue weighted by Gasteiger charge is 2.44. The molecule has 3 aromatic heterocycles. The molecule has 2 atom stereocenters. The van der Waals surface area contributed by atoms with Gasteiger partial charge in [-0.15, -0.1) is 22.7 Å². The van der Waals surface area contributed by atoms with Gasteiger partial charge in [0, 0.05) is 27.1 Å². The summed E-state index contributed by atoms with van der Waals surface area (Å²) in [7, 11) is 0. The molecule has 1 aliphatic carbocycles. The number of allylic oxidation sites excluding steroid dienone is 1. The van der Waals surface area contributed by atoms with Crippen molar-refractivity contribution in [3.8, 4) is 0 Å². The summed E-state index contributed by atoms with van der Waals surface area (Å²) >= 11 is 4.84. The van der Waals surface area contributed by atoms with Crippen LogP contribution in [-0.4, -0.2) is 32.3 Å². The number of aromatic nitrogens is 2. The maximum absolute atomic E-state index is 13.5. The molecular formula is C25H26N4OS3. The number of carbonyl (C=O) groups is 1. The first-order chi connectivity index (χ1) is 16.0. The summed E-state index contributed by atoms with van der Waals surface area (Å²) in [5, 5.41) is 11.5. The first-order valence-corrected chi connectivity index (χ1v) is 13.9. The maximum atomic E-state index is 13.5. The van der Waals surface area contributed by atoms with Crippen LogP contribution < -0.4 is 0 Å². The van der Waals surface area contributed by atoms with Gasteiger partial charge >= 0.3 is 0 Å². The van der Waals surface area contributed by atoms with E-state index in [-0.39, 0.29) is 23.6 Å². The van der Waals surface area contributed by atoms with E-state index >= 15 is 0 Å². The number of rotatable bonds is 5. The molecule has 1 saturated carbocycles. The number of aryl methyl sites for hydroxylation is 2. The van der Waals surface area contributed by atoms with E-state index in [1.54, 1.807) is 27.7 Å². The molecule has 0 aromatic carbocycles. The molecule has 0 bridgehead atoms. The third-order valence-electron chi connectivity index (χ3n) is 6.39. The molecule has 8 heteroatoms. The largest absolute Gasteiger partial charge is 0.272 e. The van der Waals surface area contributed by atoms with Gasteiger partial charge in [0.25, 0.3) is 5.91 Å². The van der Waals surface area contributed by atoms with Crippen LogP contribution in [0, 0.1) is 26.7 Å². The van der Waals surface area contributed by atoms with Crippen molar-refractivity contribution in [3.63, 3.8) is 0 Å². The normalized spacial score (nSPS) is 21.4. The summed E-state index contributed by atoms with van der Waals surface area (Å²) in [4.78, 5) is 25.0. The molecule has 1 aliphatic heterocycles. The van der Waals surface area contributed by atoms with Crippen molar-refractivity contribution in [1.82, 2.24) is 15.0 Å². The van der Waals surface area contributed by atoms with Gasteiger partial charge in [0.15, 0.2) is 5.16 Å². The zero-order chi connectivity index (χ0) is 22.9. The van der Waals surface area contributed by atoms with Gasteiger partial charge in [0.1, 0.15) is 0 Å². The highest BCUT2D eigenvalue weighted by Crippen LogP contribution is 2.45. The summed E-state index contributed by atoms with van der Waals surface area (Å²) in [5.41, 5.74) is 5.38. The Hall–Kier alpha value is -2.29. The highest BCUT2D eigenvalue weighted by molar-refractivity contribution is 7.99. The van der Waals surface area contributed by atoms with Crippen LogP contribution in [0.1, 0.15) is 52.0 Å². The average molecular weight is 495 g/mol. The van der Waals surface area contributed by atoms with Crippen molar-refractivity contribution in [2.75, 3.05) is 5.75 Å². The van der Waals surface area contributed by atoms with Gasteiger partial charge < -0.3 is 0 Å². The van der Waals surface area contributed by atoms with E-state index in [0.29, 0.717) is 5.16 Å². The number of nitrogens with zero attached hydrogens (tertiary/aromatic N) is 4.